The van der Waals surface area contributed by atoms with Crippen LogP contribution in [0.25, 0.3) is 0 Å². The summed E-state index contributed by atoms with van der Waals surface area (Å²) in [5, 5.41) is 3.68. The van der Waals surface area contributed by atoms with Gasteiger partial charge in [0.1, 0.15) is 0 Å². The van der Waals surface area contributed by atoms with Crippen molar-refractivity contribution in [2.45, 2.75) is 44.2 Å². The highest BCUT2D eigenvalue weighted by Gasteiger charge is 2.34. The van der Waals surface area contributed by atoms with E-state index in [2.05, 4.69) is 5.32 Å². The first-order valence-corrected chi connectivity index (χ1v) is 6.84. The van der Waals surface area contributed by atoms with Crippen molar-refractivity contribution in [3.05, 3.63) is 0 Å². The second-order valence-electron chi connectivity index (χ2n) is 5.51. The second-order valence-corrected chi connectivity index (χ2v) is 5.51. The first-order chi connectivity index (χ1) is 8.29. The molecule has 0 aromatic rings. The third kappa shape index (κ3) is 3.19. The molecule has 2 atom stereocenters. The minimum atomic E-state index is 0.249. The van der Waals surface area contributed by atoms with Crippen LogP contribution in [0.2, 0.25) is 0 Å². The number of rotatable bonds is 5. The highest BCUT2D eigenvalue weighted by molar-refractivity contribution is 4.90. The lowest BCUT2D eigenvalue weighted by Gasteiger charge is -2.37. The van der Waals surface area contributed by atoms with Gasteiger partial charge in [-0.05, 0) is 44.1 Å². The van der Waals surface area contributed by atoms with E-state index in [1.54, 1.807) is 0 Å². The smallest absolute Gasteiger partial charge is 0.0724 e. The quantitative estimate of drug-likeness (QED) is 0.752. The molecular weight excluding hydrogens is 216 g/mol. The van der Waals surface area contributed by atoms with Crippen molar-refractivity contribution in [3.8, 4) is 0 Å². The number of nitrogens with one attached hydrogen (secondary N) is 1. The summed E-state index contributed by atoms with van der Waals surface area (Å²) >= 11 is 0. The van der Waals surface area contributed by atoms with Crippen LogP contribution in [0.5, 0.6) is 0 Å². The second kappa shape index (κ2) is 6.14. The van der Waals surface area contributed by atoms with Gasteiger partial charge in [-0.15, -0.1) is 0 Å². The molecule has 2 rings (SSSR count). The summed E-state index contributed by atoms with van der Waals surface area (Å²) in [7, 11) is 1.82. The minimum Gasteiger partial charge on any atom is -0.381 e. The molecule has 3 N–H and O–H groups in total. The van der Waals surface area contributed by atoms with Crippen LogP contribution < -0.4 is 11.1 Å². The maximum atomic E-state index is 5.96. The summed E-state index contributed by atoms with van der Waals surface area (Å²) in [6.07, 6.45) is 6.25. The van der Waals surface area contributed by atoms with Gasteiger partial charge in [0.2, 0.25) is 0 Å². The van der Waals surface area contributed by atoms with E-state index in [0.29, 0.717) is 12.1 Å². The lowest BCUT2D eigenvalue weighted by Crippen LogP contribution is -2.48. The van der Waals surface area contributed by atoms with Crippen molar-refractivity contribution in [2.24, 2.45) is 11.1 Å². The van der Waals surface area contributed by atoms with Gasteiger partial charge < -0.3 is 20.5 Å². The van der Waals surface area contributed by atoms with Gasteiger partial charge in [-0.1, -0.05) is 0 Å². The fraction of sp³-hybridized carbons (Fsp3) is 1.00. The van der Waals surface area contributed by atoms with Gasteiger partial charge in [0.15, 0.2) is 0 Å². The Morgan fingerprint density at radius 2 is 2.12 bits per heavy atom. The van der Waals surface area contributed by atoms with E-state index in [4.69, 9.17) is 15.2 Å². The van der Waals surface area contributed by atoms with Gasteiger partial charge >= 0.3 is 0 Å². The lowest BCUT2D eigenvalue weighted by molar-refractivity contribution is 0.0136. The van der Waals surface area contributed by atoms with Gasteiger partial charge in [0, 0.05) is 32.9 Å². The molecule has 1 saturated heterocycles. The van der Waals surface area contributed by atoms with Gasteiger partial charge in [-0.25, -0.2) is 0 Å². The maximum Gasteiger partial charge on any atom is 0.0724 e. The van der Waals surface area contributed by atoms with E-state index in [0.717, 1.165) is 39.1 Å². The van der Waals surface area contributed by atoms with Crippen LogP contribution >= 0.6 is 0 Å². The van der Waals surface area contributed by atoms with Crippen LogP contribution in [0.1, 0.15) is 32.1 Å². The molecule has 100 valence electrons. The van der Waals surface area contributed by atoms with E-state index in [-0.39, 0.29) is 5.41 Å². The number of methoxy groups -OCH3 is 1. The van der Waals surface area contributed by atoms with Crippen LogP contribution in [0.4, 0.5) is 0 Å². The molecule has 0 radical (unpaired) electrons. The summed E-state index contributed by atoms with van der Waals surface area (Å²) < 4.78 is 10.9. The van der Waals surface area contributed by atoms with E-state index in [9.17, 15) is 0 Å². The van der Waals surface area contributed by atoms with Crippen molar-refractivity contribution in [3.63, 3.8) is 0 Å². The van der Waals surface area contributed by atoms with Crippen LogP contribution in [-0.4, -0.2) is 45.6 Å². The zero-order valence-corrected chi connectivity index (χ0v) is 10.9. The fourth-order valence-electron chi connectivity index (χ4n) is 3.05. The Bertz CT molecular complexity index is 229. The Hall–Kier alpha value is -0.160. The van der Waals surface area contributed by atoms with Crippen molar-refractivity contribution in [2.75, 3.05) is 33.4 Å². The molecule has 2 aliphatic rings. The largest absolute Gasteiger partial charge is 0.381 e. The maximum absolute atomic E-state index is 5.96. The molecule has 1 aliphatic heterocycles. The minimum absolute atomic E-state index is 0.249. The van der Waals surface area contributed by atoms with Crippen molar-refractivity contribution >= 4 is 0 Å². The SMILES string of the molecule is COC1CCCC1NCC1(CN)CCOCC1. The normalized spacial score (nSPS) is 32.8. The summed E-state index contributed by atoms with van der Waals surface area (Å²) in [5.41, 5.74) is 6.21. The summed E-state index contributed by atoms with van der Waals surface area (Å²) in [6, 6.07) is 0.520. The molecule has 2 unspecified atom stereocenters. The van der Waals surface area contributed by atoms with Crippen LogP contribution in [0.3, 0.4) is 0 Å². The Morgan fingerprint density at radius 1 is 1.35 bits per heavy atom. The summed E-state index contributed by atoms with van der Waals surface area (Å²) in [5.74, 6) is 0. The zero-order valence-electron chi connectivity index (χ0n) is 10.9. The molecule has 4 heteroatoms. The zero-order chi connectivity index (χ0) is 12.1. The summed E-state index contributed by atoms with van der Waals surface area (Å²) in [4.78, 5) is 0. The van der Waals surface area contributed by atoms with Gasteiger partial charge in [0.05, 0.1) is 6.10 Å². The van der Waals surface area contributed by atoms with E-state index < -0.39 is 0 Å². The topological polar surface area (TPSA) is 56.5 Å². The van der Waals surface area contributed by atoms with Gasteiger partial charge in [0.25, 0.3) is 0 Å². The molecule has 2 fully saturated rings. The number of nitrogens with two attached hydrogens (primary N) is 1. The highest BCUT2D eigenvalue weighted by atomic mass is 16.5. The first-order valence-electron chi connectivity index (χ1n) is 6.84. The molecule has 0 spiro atoms. The Kier molecular flexibility index (Phi) is 4.79. The first kappa shape index (κ1) is 13.3. The van der Waals surface area contributed by atoms with Gasteiger partial charge in [-0.3, -0.25) is 0 Å². The van der Waals surface area contributed by atoms with Crippen LogP contribution in [0, 0.1) is 5.41 Å². The molecule has 4 nitrogen and oxygen atoms in total. The predicted molar refractivity (Wildman–Crippen MR) is 68.0 cm³/mol. The van der Waals surface area contributed by atoms with Gasteiger partial charge in [-0.2, -0.15) is 0 Å². The van der Waals surface area contributed by atoms with E-state index in [1.807, 2.05) is 7.11 Å². The van der Waals surface area contributed by atoms with Crippen LogP contribution in [0.15, 0.2) is 0 Å². The molecule has 0 aromatic carbocycles. The average Bonchev–Trinajstić information content (AvgIpc) is 2.85. The third-order valence-electron chi connectivity index (χ3n) is 4.48. The number of ether oxygens (including phenoxy) is 2. The monoisotopic (exact) mass is 242 g/mol. The van der Waals surface area contributed by atoms with Crippen LogP contribution in [-0.2, 0) is 9.47 Å². The standard InChI is InChI=1S/C13H26N2O2/c1-16-12-4-2-3-11(12)15-10-13(9-14)5-7-17-8-6-13/h11-12,15H,2-10,14H2,1H3. The molecule has 1 saturated carbocycles. The molecule has 0 bridgehead atoms. The Balaban J connectivity index is 1.82. The lowest BCUT2D eigenvalue weighted by atomic mass is 9.80. The molecular formula is C13H26N2O2. The third-order valence-corrected chi connectivity index (χ3v) is 4.48. The molecule has 1 aliphatic carbocycles. The fourth-order valence-corrected chi connectivity index (χ4v) is 3.05. The van der Waals surface area contributed by atoms with E-state index >= 15 is 0 Å². The molecule has 0 aromatic heterocycles. The molecule has 0 amide bonds. The number of hydrogen-bond acceptors (Lipinski definition) is 4. The Morgan fingerprint density at radius 3 is 2.76 bits per heavy atom. The van der Waals surface area contributed by atoms with Crippen molar-refractivity contribution in [1.29, 1.82) is 0 Å². The highest BCUT2D eigenvalue weighted by Crippen LogP contribution is 2.30. The predicted octanol–water partition coefficient (Wildman–Crippen LogP) is 0.899. The average molecular weight is 242 g/mol. The molecule has 17 heavy (non-hydrogen) atoms. The molecule has 1 heterocycles. The Labute approximate surface area is 104 Å². The van der Waals surface area contributed by atoms with E-state index in [1.165, 1.54) is 19.3 Å². The summed E-state index contributed by atoms with van der Waals surface area (Å²) in [6.45, 7) is 3.49. The van der Waals surface area contributed by atoms with Crippen molar-refractivity contribution in [1.82, 2.24) is 5.32 Å². The number of hydrogen-bond donors (Lipinski definition) is 2. The van der Waals surface area contributed by atoms with Crippen molar-refractivity contribution < 1.29 is 9.47 Å².